The van der Waals surface area contributed by atoms with Crippen LogP contribution in [0.2, 0.25) is 0 Å². The van der Waals surface area contributed by atoms with Gasteiger partial charge in [-0.1, -0.05) is 12.1 Å². The number of nitrogens with zero attached hydrogens (tertiary/aromatic N) is 5. The van der Waals surface area contributed by atoms with E-state index in [2.05, 4.69) is 39.2 Å². The molecule has 1 amide bonds. The first kappa shape index (κ1) is 17.9. The Kier molecular flexibility index (Phi) is 4.68. The number of pyridine rings is 1. The van der Waals surface area contributed by atoms with Crippen molar-refractivity contribution < 1.29 is 4.79 Å². The van der Waals surface area contributed by atoms with Crippen LogP contribution in [-0.2, 0) is 13.6 Å². The molecule has 0 fully saturated rings. The quantitative estimate of drug-likeness (QED) is 0.725. The molecule has 26 heavy (non-hydrogen) atoms. The van der Waals surface area contributed by atoms with Gasteiger partial charge in [0.1, 0.15) is 0 Å². The third-order valence-corrected chi connectivity index (χ3v) is 4.55. The largest absolute Gasteiger partial charge is 0.378 e. The molecule has 2 aromatic heterocycles. The van der Waals surface area contributed by atoms with E-state index in [1.54, 1.807) is 9.58 Å². The summed E-state index contributed by atoms with van der Waals surface area (Å²) in [6, 6.07) is 10.1. The van der Waals surface area contributed by atoms with E-state index in [0.29, 0.717) is 12.1 Å². The van der Waals surface area contributed by atoms with Crippen LogP contribution in [0.3, 0.4) is 0 Å². The van der Waals surface area contributed by atoms with Crippen molar-refractivity contribution in [3.05, 3.63) is 52.8 Å². The molecule has 0 aliphatic rings. The number of fused-ring (bicyclic) bond motifs is 1. The molecule has 3 rings (SSSR count). The molecular formula is C20H25N5O. The number of benzene rings is 1. The number of anilines is 1. The summed E-state index contributed by atoms with van der Waals surface area (Å²) in [5.41, 5.74) is 5.27. The molecule has 0 unspecified atom stereocenters. The molecule has 136 valence electrons. The fraction of sp³-hybridized carbons (Fsp3) is 0.350. The van der Waals surface area contributed by atoms with Crippen LogP contribution in [0.15, 0.2) is 30.3 Å². The first-order valence-electron chi connectivity index (χ1n) is 8.60. The van der Waals surface area contributed by atoms with Crippen LogP contribution in [-0.4, -0.2) is 46.7 Å². The maximum Gasteiger partial charge on any atom is 0.254 e. The predicted molar refractivity (Wildman–Crippen MR) is 105 cm³/mol. The van der Waals surface area contributed by atoms with Crippen LogP contribution < -0.4 is 4.90 Å². The van der Waals surface area contributed by atoms with Gasteiger partial charge in [-0.3, -0.25) is 9.48 Å². The number of hydrogen-bond donors (Lipinski definition) is 0. The Morgan fingerprint density at radius 1 is 1.12 bits per heavy atom. The number of hydrogen-bond acceptors (Lipinski definition) is 4. The Labute approximate surface area is 154 Å². The van der Waals surface area contributed by atoms with E-state index in [0.717, 1.165) is 33.7 Å². The molecule has 6 heteroatoms. The number of amides is 1. The fourth-order valence-electron chi connectivity index (χ4n) is 3.19. The van der Waals surface area contributed by atoms with Gasteiger partial charge < -0.3 is 9.80 Å². The van der Waals surface area contributed by atoms with Crippen molar-refractivity contribution in [2.45, 2.75) is 20.4 Å². The normalized spacial score (nSPS) is 11.0. The lowest BCUT2D eigenvalue weighted by atomic mass is 10.1. The van der Waals surface area contributed by atoms with E-state index in [4.69, 9.17) is 0 Å². The zero-order valence-electron chi connectivity index (χ0n) is 16.2. The summed E-state index contributed by atoms with van der Waals surface area (Å²) in [5.74, 6) is -0.0201. The predicted octanol–water partition coefficient (Wildman–Crippen LogP) is 2.92. The van der Waals surface area contributed by atoms with Crippen molar-refractivity contribution in [3.63, 3.8) is 0 Å². The van der Waals surface area contributed by atoms with E-state index in [1.165, 1.54) is 0 Å². The van der Waals surface area contributed by atoms with Crippen LogP contribution in [0.4, 0.5) is 5.69 Å². The van der Waals surface area contributed by atoms with Crippen molar-refractivity contribution in [2.75, 3.05) is 26.0 Å². The van der Waals surface area contributed by atoms with Gasteiger partial charge in [-0.15, -0.1) is 0 Å². The average molecular weight is 351 g/mol. The molecule has 1 aromatic carbocycles. The molecule has 0 aliphatic carbocycles. The molecule has 3 aromatic rings. The molecule has 6 nitrogen and oxygen atoms in total. The van der Waals surface area contributed by atoms with Gasteiger partial charge >= 0.3 is 0 Å². The van der Waals surface area contributed by atoms with Gasteiger partial charge in [-0.05, 0) is 37.6 Å². The second-order valence-corrected chi connectivity index (χ2v) is 6.94. The van der Waals surface area contributed by atoms with Gasteiger partial charge in [-0.25, -0.2) is 4.98 Å². The molecule has 0 atom stereocenters. The minimum atomic E-state index is -0.0201. The molecule has 2 heterocycles. The second kappa shape index (κ2) is 6.78. The smallest absolute Gasteiger partial charge is 0.254 e. The van der Waals surface area contributed by atoms with Gasteiger partial charge in [-0.2, -0.15) is 5.10 Å². The van der Waals surface area contributed by atoms with Crippen LogP contribution in [0.25, 0.3) is 11.0 Å². The van der Waals surface area contributed by atoms with Crippen molar-refractivity contribution >= 4 is 22.6 Å². The minimum Gasteiger partial charge on any atom is -0.378 e. The topological polar surface area (TPSA) is 54.3 Å². The van der Waals surface area contributed by atoms with E-state index < -0.39 is 0 Å². The molecule has 0 saturated heterocycles. The summed E-state index contributed by atoms with van der Waals surface area (Å²) in [5, 5.41) is 5.25. The minimum absolute atomic E-state index is 0.0201. The summed E-state index contributed by atoms with van der Waals surface area (Å²) < 4.78 is 1.73. The highest BCUT2D eigenvalue weighted by Gasteiger charge is 2.20. The fourth-order valence-corrected chi connectivity index (χ4v) is 3.19. The number of aromatic nitrogens is 3. The highest BCUT2D eigenvalue weighted by Crippen LogP contribution is 2.23. The first-order valence-corrected chi connectivity index (χ1v) is 8.60. The van der Waals surface area contributed by atoms with Gasteiger partial charge in [0, 0.05) is 46.1 Å². The van der Waals surface area contributed by atoms with Gasteiger partial charge in [0.2, 0.25) is 0 Å². The van der Waals surface area contributed by atoms with Crippen LogP contribution in [0.5, 0.6) is 0 Å². The number of carbonyl (C=O) groups excluding carboxylic acids is 1. The molecule has 0 radical (unpaired) electrons. The lowest BCUT2D eigenvalue weighted by Crippen LogP contribution is -2.26. The Morgan fingerprint density at radius 3 is 2.38 bits per heavy atom. The Hall–Kier alpha value is -2.89. The molecule has 0 N–H and O–H groups in total. The third kappa shape index (κ3) is 3.27. The molecule has 0 bridgehead atoms. The van der Waals surface area contributed by atoms with Crippen LogP contribution in [0.1, 0.15) is 27.3 Å². The standard InChI is InChI=1S/C20H25N5O/c1-13-11-17(18-14(2)22-25(6)19(18)21-13)20(26)24(5)12-15-7-9-16(10-8-15)23(3)4/h7-11H,12H2,1-6H3. The van der Waals surface area contributed by atoms with Crippen molar-refractivity contribution in [2.24, 2.45) is 7.05 Å². The number of rotatable bonds is 4. The average Bonchev–Trinajstić information content (AvgIpc) is 2.88. The maximum absolute atomic E-state index is 13.1. The lowest BCUT2D eigenvalue weighted by Gasteiger charge is -2.19. The highest BCUT2D eigenvalue weighted by molar-refractivity contribution is 6.06. The number of carbonyl (C=O) groups is 1. The molecule has 0 saturated carbocycles. The summed E-state index contributed by atoms with van der Waals surface area (Å²) >= 11 is 0. The van der Waals surface area contributed by atoms with Gasteiger partial charge in [0.05, 0.1) is 16.6 Å². The summed E-state index contributed by atoms with van der Waals surface area (Å²) in [4.78, 5) is 21.4. The Balaban J connectivity index is 1.90. The maximum atomic E-state index is 13.1. The van der Waals surface area contributed by atoms with E-state index in [-0.39, 0.29) is 5.91 Å². The van der Waals surface area contributed by atoms with Crippen molar-refractivity contribution in [3.8, 4) is 0 Å². The second-order valence-electron chi connectivity index (χ2n) is 6.94. The van der Waals surface area contributed by atoms with Crippen LogP contribution >= 0.6 is 0 Å². The lowest BCUT2D eigenvalue weighted by molar-refractivity contribution is 0.0787. The molecule has 0 spiro atoms. The zero-order chi connectivity index (χ0) is 19.0. The zero-order valence-corrected chi connectivity index (χ0v) is 16.2. The highest BCUT2D eigenvalue weighted by atomic mass is 16.2. The van der Waals surface area contributed by atoms with Gasteiger partial charge in [0.15, 0.2) is 5.65 Å². The first-order chi connectivity index (χ1) is 12.3. The molecule has 0 aliphatic heterocycles. The summed E-state index contributed by atoms with van der Waals surface area (Å²) in [6.07, 6.45) is 0. The van der Waals surface area contributed by atoms with E-state index in [1.807, 2.05) is 48.1 Å². The Bertz CT molecular complexity index is 956. The summed E-state index contributed by atoms with van der Waals surface area (Å²) in [7, 11) is 7.71. The monoisotopic (exact) mass is 351 g/mol. The van der Waals surface area contributed by atoms with Crippen molar-refractivity contribution in [1.82, 2.24) is 19.7 Å². The number of aryl methyl sites for hydroxylation is 3. The van der Waals surface area contributed by atoms with Crippen molar-refractivity contribution in [1.29, 1.82) is 0 Å². The van der Waals surface area contributed by atoms with Gasteiger partial charge in [0.25, 0.3) is 5.91 Å². The SMILES string of the molecule is Cc1cc(C(=O)N(C)Cc2ccc(N(C)C)cc2)c2c(C)nn(C)c2n1. The van der Waals surface area contributed by atoms with Crippen LogP contribution in [0, 0.1) is 13.8 Å². The van der Waals surface area contributed by atoms with E-state index in [9.17, 15) is 4.79 Å². The Morgan fingerprint density at radius 2 is 1.77 bits per heavy atom. The van der Waals surface area contributed by atoms with E-state index >= 15 is 0 Å². The third-order valence-electron chi connectivity index (χ3n) is 4.55. The molecular weight excluding hydrogens is 326 g/mol. The summed E-state index contributed by atoms with van der Waals surface area (Å²) in [6.45, 7) is 4.36.